The third-order valence-electron chi connectivity index (χ3n) is 3.22. The zero-order chi connectivity index (χ0) is 16.1. The Bertz CT molecular complexity index is 704. The molecule has 22 heavy (non-hydrogen) atoms. The van der Waals surface area contributed by atoms with Gasteiger partial charge in [-0.2, -0.15) is 5.26 Å². The molecule has 0 bridgehead atoms. The van der Waals surface area contributed by atoms with Gasteiger partial charge in [0.05, 0.1) is 23.7 Å². The molecule has 2 unspecified atom stereocenters. The van der Waals surface area contributed by atoms with Gasteiger partial charge in [-0.15, -0.1) is 11.3 Å². The summed E-state index contributed by atoms with van der Waals surface area (Å²) in [6.45, 7) is 5.77. The Balaban J connectivity index is 1.95. The number of rotatable bonds is 4. The van der Waals surface area contributed by atoms with Crippen LogP contribution in [0.1, 0.15) is 46.9 Å². The number of carbonyl (C=O) groups is 1. The number of nitriles is 1. The van der Waals surface area contributed by atoms with E-state index in [1.807, 2.05) is 32.9 Å². The third-order valence-corrected chi connectivity index (χ3v) is 4.32. The number of amides is 2. The van der Waals surface area contributed by atoms with Gasteiger partial charge in [-0.05, 0) is 38.5 Å². The summed E-state index contributed by atoms with van der Waals surface area (Å²) in [6.07, 6.45) is 1.80. The SMILES string of the molecule is Cc1cnc(C(C)NC(=O)NC(C)c2cccc(C#N)c2)s1. The summed E-state index contributed by atoms with van der Waals surface area (Å²) in [5.41, 5.74) is 1.48. The lowest BCUT2D eigenvalue weighted by Gasteiger charge is -2.17. The highest BCUT2D eigenvalue weighted by Crippen LogP contribution is 2.19. The molecule has 0 saturated carbocycles. The predicted molar refractivity (Wildman–Crippen MR) is 86.5 cm³/mol. The van der Waals surface area contributed by atoms with E-state index >= 15 is 0 Å². The molecule has 0 aliphatic rings. The van der Waals surface area contributed by atoms with Crippen LogP contribution in [0.25, 0.3) is 0 Å². The molecule has 2 N–H and O–H groups in total. The van der Waals surface area contributed by atoms with Crippen molar-refractivity contribution in [1.82, 2.24) is 15.6 Å². The standard InChI is InChI=1S/C16H18N4OS/c1-10-9-18-15(22-10)12(3)20-16(21)19-11(2)14-6-4-5-13(7-14)8-17/h4-7,9,11-12H,1-3H3,(H2,19,20,21). The summed E-state index contributed by atoms with van der Waals surface area (Å²) < 4.78 is 0. The molecule has 2 aromatic rings. The third kappa shape index (κ3) is 4.06. The molecule has 114 valence electrons. The van der Waals surface area contributed by atoms with E-state index in [1.54, 1.807) is 29.7 Å². The van der Waals surface area contributed by atoms with E-state index in [2.05, 4.69) is 21.7 Å². The van der Waals surface area contributed by atoms with Crippen molar-refractivity contribution in [1.29, 1.82) is 5.26 Å². The number of aryl methyl sites for hydroxylation is 1. The van der Waals surface area contributed by atoms with Gasteiger partial charge >= 0.3 is 6.03 Å². The van der Waals surface area contributed by atoms with Crippen molar-refractivity contribution in [3.63, 3.8) is 0 Å². The second-order valence-corrected chi connectivity index (χ2v) is 6.37. The zero-order valence-corrected chi connectivity index (χ0v) is 13.6. The van der Waals surface area contributed by atoms with Crippen LogP contribution >= 0.6 is 11.3 Å². The number of aromatic nitrogens is 1. The minimum atomic E-state index is -0.254. The molecule has 5 nitrogen and oxygen atoms in total. The van der Waals surface area contributed by atoms with Gasteiger partial charge in [0.25, 0.3) is 0 Å². The number of hydrogen-bond donors (Lipinski definition) is 2. The fourth-order valence-electron chi connectivity index (χ4n) is 2.03. The Labute approximate surface area is 134 Å². The number of hydrogen-bond acceptors (Lipinski definition) is 4. The van der Waals surface area contributed by atoms with Crippen LogP contribution in [0.5, 0.6) is 0 Å². The first-order chi connectivity index (χ1) is 10.5. The molecule has 2 amide bonds. The minimum absolute atomic E-state index is 0.142. The van der Waals surface area contributed by atoms with Gasteiger partial charge < -0.3 is 10.6 Å². The number of benzene rings is 1. The van der Waals surface area contributed by atoms with Gasteiger partial charge in [0, 0.05) is 11.1 Å². The van der Waals surface area contributed by atoms with Crippen molar-refractivity contribution in [3.05, 3.63) is 51.5 Å². The number of thiazole rings is 1. The summed E-state index contributed by atoms with van der Waals surface area (Å²) in [5, 5.41) is 15.5. The van der Waals surface area contributed by atoms with E-state index in [4.69, 9.17) is 5.26 Å². The lowest BCUT2D eigenvalue weighted by molar-refractivity contribution is 0.235. The lowest BCUT2D eigenvalue weighted by Crippen LogP contribution is -2.38. The minimum Gasteiger partial charge on any atom is -0.332 e. The van der Waals surface area contributed by atoms with Gasteiger partial charge in [0.2, 0.25) is 0 Å². The van der Waals surface area contributed by atoms with E-state index in [1.165, 1.54) is 0 Å². The van der Waals surface area contributed by atoms with Crippen LogP contribution in [0, 0.1) is 18.3 Å². The molecule has 0 aliphatic heterocycles. The molecular formula is C16H18N4OS. The summed E-state index contributed by atoms with van der Waals surface area (Å²) in [5.74, 6) is 0. The molecule has 0 spiro atoms. The molecule has 2 atom stereocenters. The van der Waals surface area contributed by atoms with Crippen LogP contribution in [-0.4, -0.2) is 11.0 Å². The summed E-state index contributed by atoms with van der Waals surface area (Å²) in [7, 11) is 0. The maximum atomic E-state index is 12.1. The summed E-state index contributed by atoms with van der Waals surface area (Å²) in [6, 6.07) is 8.73. The Kier molecular flexibility index (Phi) is 5.12. The first-order valence-corrected chi connectivity index (χ1v) is 7.80. The topological polar surface area (TPSA) is 77.8 Å². The second kappa shape index (κ2) is 7.05. The Morgan fingerprint density at radius 1 is 1.32 bits per heavy atom. The lowest BCUT2D eigenvalue weighted by atomic mass is 10.1. The monoisotopic (exact) mass is 314 g/mol. The van der Waals surface area contributed by atoms with Crippen molar-refractivity contribution in [3.8, 4) is 6.07 Å². The van der Waals surface area contributed by atoms with Crippen molar-refractivity contribution in [2.75, 3.05) is 0 Å². The molecule has 0 aliphatic carbocycles. The molecule has 1 heterocycles. The molecule has 0 radical (unpaired) electrons. The highest BCUT2D eigenvalue weighted by Gasteiger charge is 2.15. The molecule has 2 rings (SSSR count). The maximum Gasteiger partial charge on any atom is 0.315 e. The average Bonchev–Trinajstić information content (AvgIpc) is 2.93. The maximum absolute atomic E-state index is 12.1. The van der Waals surface area contributed by atoms with Gasteiger partial charge in [-0.1, -0.05) is 12.1 Å². The first-order valence-electron chi connectivity index (χ1n) is 6.99. The number of nitrogens with one attached hydrogen (secondary N) is 2. The summed E-state index contributed by atoms with van der Waals surface area (Å²) in [4.78, 5) is 17.4. The zero-order valence-electron chi connectivity index (χ0n) is 12.8. The molecule has 0 saturated heterocycles. The average molecular weight is 314 g/mol. The molecular weight excluding hydrogens is 296 g/mol. The molecule has 1 aromatic carbocycles. The smallest absolute Gasteiger partial charge is 0.315 e. The van der Waals surface area contributed by atoms with Gasteiger partial charge in [-0.3, -0.25) is 0 Å². The predicted octanol–water partition coefficient (Wildman–Crippen LogP) is 3.44. The van der Waals surface area contributed by atoms with Gasteiger partial charge in [0.1, 0.15) is 5.01 Å². The quantitative estimate of drug-likeness (QED) is 0.907. The largest absolute Gasteiger partial charge is 0.332 e. The number of urea groups is 1. The van der Waals surface area contributed by atoms with E-state index in [-0.39, 0.29) is 18.1 Å². The van der Waals surface area contributed by atoms with Crippen LogP contribution in [0.4, 0.5) is 4.79 Å². The van der Waals surface area contributed by atoms with E-state index < -0.39 is 0 Å². The second-order valence-electron chi connectivity index (χ2n) is 5.11. The van der Waals surface area contributed by atoms with Gasteiger partial charge in [0.15, 0.2) is 0 Å². The van der Waals surface area contributed by atoms with Crippen molar-refractivity contribution in [2.24, 2.45) is 0 Å². The Morgan fingerprint density at radius 3 is 2.68 bits per heavy atom. The van der Waals surface area contributed by atoms with Crippen LogP contribution in [0.15, 0.2) is 30.5 Å². The highest BCUT2D eigenvalue weighted by molar-refractivity contribution is 7.11. The normalized spacial score (nSPS) is 13.0. The first kappa shape index (κ1) is 16.0. The van der Waals surface area contributed by atoms with Crippen LogP contribution in [0.2, 0.25) is 0 Å². The number of carbonyl (C=O) groups excluding carboxylic acids is 1. The van der Waals surface area contributed by atoms with Crippen LogP contribution < -0.4 is 10.6 Å². The van der Waals surface area contributed by atoms with Crippen molar-refractivity contribution >= 4 is 17.4 Å². The van der Waals surface area contributed by atoms with Crippen molar-refractivity contribution in [2.45, 2.75) is 32.9 Å². The fourth-order valence-corrected chi connectivity index (χ4v) is 2.81. The van der Waals surface area contributed by atoms with E-state index in [0.29, 0.717) is 5.56 Å². The van der Waals surface area contributed by atoms with Crippen LogP contribution in [0.3, 0.4) is 0 Å². The highest BCUT2D eigenvalue weighted by atomic mass is 32.1. The Hall–Kier alpha value is -2.39. The number of nitrogens with zero attached hydrogens (tertiary/aromatic N) is 2. The fraction of sp³-hybridized carbons (Fsp3) is 0.312. The van der Waals surface area contributed by atoms with E-state index in [0.717, 1.165) is 15.4 Å². The summed E-state index contributed by atoms with van der Waals surface area (Å²) >= 11 is 1.57. The van der Waals surface area contributed by atoms with Crippen molar-refractivity contribution < 1.29 is 4.79 Å². The van der Waals surface area contributed by atoms with Crippen LogP contribution in [-0.2, 0) is 0 Å². The molecule has 1 aromatic heterocycles. The molecule has 0 fully saturated rings. The van der Waals surface area contributed by atoms with E-state index in [9.17, 15) is 4.79 Å². The Morgan fingerprint density at radius 2 is 2.05 bits per heavy atom. The molecule has 6 heteroatoms. The van der Waals surface area contributed by atoms with Gasteiger partial charge in [-0.25, -0.2) is 9.78 Å².